The van der Waals surface area contributed by atoms with Crippen molar-refractivity contribution < 1.29 is 9.59 Å². The molecule has 1 aliphatic heterocycles. The molecule has 0 radical (unpaired) electrons. The first-order valence-electron chi connectivity index (χ1n) is 11.2. The summed E-state index contributed by atoms with van der Waals surface area (Å²) in [6.45, 7) is 6.96. The van der Waals surface area contributed by atoms with Crippen molar-refractivity contribution in [3.05, 3.63) is 50.3 Å². The lowest BCUT2D eigenvalue weighted by molar-refractivity contribution is -0.121. The van der Waals surface area contributed by atoms with Crippen LogP contribution in [0.4, 0.5) is 11.6 Å². The van der Waals surface area contributed by atoms with Crippen LogP contribution in [0.25, 0.3) is 0 Å². The summed E-state index contributed by atoms with van der Waals surface area (Å²) >= 11 is 0. The molecule has 3 rings (SSSR count). The van der Waals surface area contributed by atoms with Gasteiger partial charge in [-0.2, -0.15) is 0 Å². The van der Waals surface area contributed by atoms with Gasteiger partial charge in [-0.05, 0) is 44.4 Å². The maximum absolute atomic E-state index is 13.1. The van der Waals surface area contributed by atoms with Crippen LogP contribution in [0.2, 0.25) is 0 Å². The highest BCUT2D eigenvalue weighted by atomic mass is 16.2. The van der Waals surface area contributed by atoms with E-state index in [1.807, 2.05) is 37.8 Å². The summed E-state index contributed by atoms with van der Waals surface area (Å²) < 4.78 is 2.20. The average Bonchev–Trinajstić information content (AvgIpc) is 2.75. The number of pyridine rings is 1. The van der Waals surface area contributed by atoms with Crippen molar-refractivity contribution in [1.82, 2.24) is 19.0 Å². The fourth-order valence-corrected chi connectivity index (χ4v) is 4.12. The number of hydrogen-bond acceptors (Lipinski definition) is 7. The number of carbonyl (C=O) groups excluding carboxylic acids is 2. The fraction of sp³-hybridized carbons (Fsp3) is 0.522. The van der Waals surface area contributed by atoms with Crippen LogP contribution in [0.3, 0.4) is 0 Å². The Morgan fingerprint density at radius 2 is 2.00 bits per heavy atom. The van der Waals surface area contributed by atoms with E-state index in [9.17, 15) is 19.2 Å². The number of hydrogen-bond donors (Lipinski definition) is 2. The monoisotopic (exact) mass is 456 g/mol. The lowest BCUT2D eigenvalue weighted by Crippen LogP contribution is -2.46. The lowest BCUT2D eigenvalue weighted by Gasteiger charge is -2.31. The minimum absolute atomic E-state index is 0.0498. The second-order valence-corrected chi connectivity index (χ2v) is 9.06. The van der Waals surface area contributed by atoms with Gasteiger partial charge in [-0.1, -0.05) is 19.9 Å². The summed E-state index contributed by atoms with van der Waals surface area (Å²) in [5, 5.41) is 2.84. The molecular formula is C23H32N6O4. The number of ketones is 1. The largest absolute Gasteiger partial charge is 0.384 e. The van der Waals surface area contributed by atoms with Crippen LogP contribution in [0.1, 0.15) is 42.7 Å². The van der Waals surface area contributed by atoms with Crippen LogP contribution < -0.4 is 22.3 Å². The first-order valence-corrected chi connectivity index (χ1v) is 11.2. The number of aryl methyl sites for hydroxylation is 1. The third kappa shape index (κ3) is 5.57. The molecule has 0 saturated carbocycles. The molecule has 1 unspecified atom stereocenters. The van der Waals surface area contributed by atoms with Crippen LogP contribution in [0.5, 0.6) is 0 Å². The molecule has 1 atom stereocenters. The Balaban J connectivity index is 1.75. The Morgan fingerprint density at radius 1 is 1.27 bits per heavy atom. The molecule has 1 aliphatic rings. The van der Waals surface area contributed by atoms with Gasteiger partial charge in [0.1, 0.15) is 17.2 Å². The molecule has 0 aliphatic carbocycles. The molecule has 10 heteroatoms. The molecule has 2 aromatic rings. The summed E-state index contributed by atoms with van der Waals surface area (Å²) in [4.78, 5) is 57.2. The number of anilines is 2. The number of likely N-dealkylation sites (tertiary alicyclic amines) is 1. The molecule has 178 valence electrons. The van der Waals surface area contributed by atoms with Crippen LogP contribution in [0, 0.1) is 18.8 Å². The van der Waals surface area contributed by atoms with E-state index in [0.29, 0.717) is 31.9 Å². The average molecular weight is 457 g/mol. The third-order valence-electron chi connectivity index (χ3n) is 5.79. The number of nitrogens with one attached hydrogen (secondary N) is 1. The molecule has 2 aromatic heterocycles. The van der Waals surface area contributed by atoms with E-state index < -0.39 is 17.0 Å². The van der Waals surface area contributed by atoms with Crippen LogP contribution >= 0.6 is 0 Å². The Kier molecular flexibility index (Phi) is 7.47. The number of amides is 1. The predicted molar refractivity (Wildman–Crippen MR) is 126 cm³/mol. The van der Waals surface area contributed by atoms with Gasteiger partial charge in [0.15, 0.2) is 5.78 Å². The molecule has 0 spiro atoms. The highest BCUT2D eigenvalue weighted by Crippen LogP contribution is 2.19. The second-order valence-electron chi connectivity index (χ2n) is 9.06. The molecule has 0 bridgehead atoms. The van der Waals surface area contributed by atoms with Gasteiger partial charge in [-0.25, -0.2) is 9.78 Å². The Morgan fingerprint density at radius 3 is 2.67 bits per heavy atom. The fourth-order valence-electron chi connectivity index (χ4n) is 4.12. The molecule has 1 saturated heterocycles. The van der Waals surface area contributed by atoms with E-state index in [1.165, 1.54) is 11.6 Å². The third-order valence-corrected chi connectivity index (χ3v) is 5.79. The Labute approximate surface area is 192 Å². The van der Waals surface area contributed by atoms with Crippen LogP contribution in [-0.4, -0.2) is 50.3 Å². The molecule has 1 amide bonds. The number of rotatable bonds is 7. The van der Waals surface area contributed by atoms with Crippen molar-refractivity contribution in [2.45, 2.75) is 40.2 Å². The van der Waals surface area contributed by atoms with Crippen molar-refractivity contribution in [1.29, 1.82) is 0 Å². The molecule has 33 heavy (non-hydrogen) atoms. The summed E-state index contributed by atoms with van der Waals surface area (Å²) in [6.07, 6.45) is 1.44. The van der Waals surface area contributed by atoms with Crippen molar-refractivity contribution in [3.8, 4) is 0 Å². The number of aromatic nitrogens is 3. The van der Waals surface area contributed by atoms with Gasteiger partial charge in [0, 0.05) is 25.8 Å². The van der Waals surface area contributed by atoms with Gasteiger partial charge in [0.2, 0.25) is 5.91 Å². The summed E-state index contributed by atoms with van der Waals surface area (Å²) in [5.74, 6) is -0.396. The standard InChI is InChI=1S/C23H32N6O4/c1-14(2)11-29-20(24)19(22(32)27(4)23(29)33)17(30)13-28-10-6-8-16(12-28)21(31)26-18-9-5-7-15(3)25-18/h5,7,9,14,16H,6,8,10-13,24H2,1-4H3,(H,25,26,31). The van der Waals surface area contributed by atoms with Gasteiger partial charge >= 0.3 is 5.69 Å². The molecule has 1 fully saturated rings. The zero-order chi connectivity index (χ0) is 24.3. The summed E-state index contributed by atoms with van der Waals surface area (Å²) in [5.41, 5.74) is 5.52. The van der Waals surface area contributed by atoms with Crippen molar-refractivity contribution in [3.63, 3.8) is 0 Å². The van der Waals surface area contributed by atoms with E-state index in [0.717, 1.165) is 16.7 Å². The summed E-state index contributed by atoms with van der Waals surface area (Å²) in [7, 11) is 1.35. The number of carbonyl (C=O) groups is 2. The first-order chi connectivity index (χ1) is 15.6. The minimum atomic E-state index is -0.695. The van der Waals surface area contributed by atoms with E-state index in [-0.39, 0.29) is 35.7 Å². The number of nitrogens with two attached hydrogens (primary N) is 1. The zero-order valence-corrected chi connectivity index (χ0v) is 19.6. The SMILES string of the molecule is Cc1cccc(NC(=O)C2CCCN(CC(=O)c3c(N)n(CC(C)C)c(=O)n(C)c3=O)C2)n1. The second kappa shape index (κ2) is 10.1. The molecule has 3 heterocycles. The maximum atomic E-state index is 13.1. The van der Waals surface area contributed by atoms with Crippen LogP contribution in [0.15, 0.2) is 27.8 Å². The van der Waals surface area contributed by atoms with Gasteiger partial charge in [0.05, 0.1) is 12.5 Å². The smallest absolute Gasteiger partial charge is 0.332 e. The quantitative estimate of drug-likeness (QED) is 0.595. The molecule has 0 aromatic carbocycles. The first kappa shape index (κ1) is 24.4. The highest BCUT2D eigenvalue weighted by Gasteiger charge is 2.29. The predicted octanol–water partition coefficient (Wildman–Crippen LogP) is 1.02. The number of nitrogens with zero attached hydrogens (tertiary/aromatic N) is 4. The molecule has 3 N–H and O–H groups in total. The number of piperidine rings is 1. The maximum Gasteiger partial charge on any atom is 0.332 e. The number of Topliss-reactive ketones (excluding diaryl/α,β-unsaturated/α-hetero) is 1. The van der Waals surface area contributed by atoms with E-state index in [1.54, 1.807) is 6.07 Å². The normalized spacial score (nSPS) is 16.7. The molecule has 10 nitrogen and oxygen atoms in total. The highest BCUT2D eigenvalue weighted by molar-refractivity contribution is 6.01. The van der Waals surface area contributed by atoms with Gasteiger partial charge < -0.3 is 11.1 Å². The van der Waals surface area contributed by atoms with Gasteiger partial charge in [-0.15, -0.1) is 0 Å². The van der Waals surface area contributed by atoms with Crippen molar-refractivity contribution >= 4 is 23.3 Å². The van der Waals surface area contributed by atoms with E-state index in [2.05, 4.69) is 10.3 Å². The van der Waals surface area contributed by atoms with Crippen molar-refractivity contribution in [2.75, 3.05) is 30.7 Å². The zero-order valence-electron chi connectivity index (χ0n) is 19.6. The summed E-state index contributed by atoms with van der Waals surface area (Å²) in [6, 6.07) is 5.41. The van der Waals surface area contributed by atoms with E-state index >= 15 is 0 Å². The van der Waals surface area contributed by atoms with Crippen molar-refractivity contribution in [2.24, 2.45) is 18.9 Å². The van der Waals surface area contributed by atoms with Gasteiger partial charge in [0.25, 0.3) is 5.56 Å². The van der Waals surface area contributed by atoms with E-state index in [4.69, 9.17) is 5.73 Å². The van der Waals surface area contributed by atoms with Crippen LogP contribution in [-0.2, 0) is 18.4 Å². The molecular weight excluding hydrogens is 424 g/mol. The minimum Gasteiger partial charge on any atom is -0.384 e. The Hall–Kier alpha value is -3.27. The Bertz CT molecular complexity index is 1170. The van der Waals surface area contributed by atoms with Gasteiger partial charge in [-0.3, -0.25) is 28.4 Å². The topological polar surface area (TPSA) is 132 Å². The lowest BCUT2D eigenvalue weighted by atomic mass is 9.96. The number of nitrogen functional groups attached to an aromatic ring is 1.